The lowest BCUT2D eigenvalue weighted by Gasteiger charge is -2.15. The van der Waals surface area contributed by atoms with Crippen LogP contribution in [-0.2, 0) is 6.42 Å². The number of benzene rings is 3. The monoisotopic (exact) mass is 467 g/mol. The molecule has 170 valence electrons. The van der Waals surface area contributed by atoms with Gasteiger partial charge in [0.25, 0.3) is 0 Å². The number of nitrogens with zero attached hydrogens (tertiary/aromatic N) is 3. The molecule has 0 spiro atoms. The van der Waals surface area contributed by atoms with Crippen molar-refractivity contribution in [1.82, 2.24) is 15.0 Å². The minimum absolute atomic E-state index is 0. The molecular formula is C28H26ClN5. The Labute approximate surface area is 205 Å². The van der Waals surface area contributed by atoms with Crippen LogP contribution in [0.2, 0.25) is 0 Å². The first-order chi connectivity index (χ1) is 16.3. The van der Waals surface area contributed by atoms with Crippen molar-refractivity contribution in [1.29, 1.82) is 0 Å². The van der Waals surface area contributed by atoms with Crippen LogP contribution in [0.3, 0.4) is 0 Å². The zero-order valence-electron chi connectivity index (χ0n) is 18.6. The second-order valence-corrected chi connectivity index (χ2v) is 8.08. The van der Waals surface area contributed by atoms with Gasteiger partial charge in [-0.3, -0.25) is 4.98 Å². The zero-order chi connectivity index (χ0) is 22.5. The highest BCUT2D eigenvalue weighted by Gasteiger charge is 2.13. The number of fused-ring (bicyclic) bond motifs is 1. The quantitative estimate of drug-likeness (QED) is 0.318. The van der Waals surface area contributed by atoms with Crippen LogP contribution >= 0.6 is 12.4 Å². The lowest BCUT2D eigenvalue weighted by Crippen LogP contribution is -2.31. The topological polar surface area (TPSA) is 76.7 Å². The van der Waals surface area contributed by atoms with Gasteiger partial charge in [0.2, 0.25) is 5.95 Å². The van der Waals surface area contributed by atoms with E-state index in [1.165, 1.54) is 16.3 Å². The van der Waals surface area contributed by atoms with Gasteiger partial charge in [0.1, 0.15) is 0 Å². The first kappa shape index (κ1) is 23.4. The van der Waals surface area contributed by atoms with Crippen LogP contribution < -0.4 is 11.1 Å². The minimum Gasteiger partial charge on any atom is -0.353 e. The highest BCUT2D eigenvalue weighted by atomic mass is 35.5. The molecule has 0 fully saturated rings. The fourth-order valence-corrected chi connectivity index (χ4v) is 3.98. The summed E-state index contributed by atoms with van der Waals surface area (Å²) in [5.74, 6) is 0.565. The fraction of sp³-hybridized carbons (Fsp3) is 0.107. The molecule has 0 radical (unpaired) electrons. The van der Waals surface area contributed by atoms with Gasteiger partial charge in [-0.2, -0.15) is 0 Å². The zero-order valence-corrected chi connectivity index (χ0v) is 19.5. The summed E-state index contributed by atoms with van der Waals surface area (Å²) in [6, 6.07) is 28.9. The van der Waals surface area contributed by atoms with Crippen molar-refractivity contribution in [2.75, 3.05) is 11.9 Å². The second-order valence-electron chi connectivity index (χ2n) is 8.08. The highest BCUT2D eigenvalue weighted by molar-refractivity contribution is 5.90. The number of anilines is 1. The van der Waals surface area contributed by atoms with E-state index in [1.807, 2.05) is 36.5 Å². The maximum Gasteiger partial charge on any atom is 0.223 e. The molecular weight excluding hydrogens is 442 g/mol. The Balaban J connectivity index is 0.00000274. The highest BCUT2D eigenvalue weighted by Crippen LogP contribution is 2.32. The molecule has 5 aromatic rings. The third kappa shape index (κ3) is 5.39. The summed E-state index contributed by atoms with van der Waals surface area (Å²) >= 11 is 0. The third-order valence-corrected chi connectivity index (χ3v) is 5.67. The van der Waals surface area contributed by atoms with E-state index in [4.69, 9.17) is 10.7 Å². The summed E-state index contributed by atoms with van der Waals surface area (Å²) in [5, 5.41) is 5.71. The largest absolute Gasteiger partial charge is 0.353 e. The second kappa shape index (κ2) is 10.9. The Morgan fingerprint density at radius 2 is 1.53 bits per heavy atom. The van der Waals surface area contributed by atoms with Crippen molar-refractivity contribution < 1.29 is 0 Å². The van der Waals surface area contributed by atoms with E-state index in [0.717, 1.165) is 28.8 Å². The predicted molar refractivity (Wildman–Crippen MR) is 142 cm³/mol. The average molecular weight is 468 g/mol. The molecule has 0 saturated carbocycles. The normalized spacial score (nSPS) is 11.6. The maximum atomic E-state index is 6.35. The molecule has 5 nitrogen and oxygen atoms in total. The molecule has 0 aliphatic heterocycles. The average Bonchev–Trinajstić information content (AvgIpc) is 2.88. The Morgan fingerprint density at radius 3 is 2.32 bits per heavy atom. The molecule has 0 amide bonds. The number of rotatable bonds is 7. The molecule has 2 heterocycles. The Bertz CT molecular complexity index is 1360. The molecule has 2 aromatic heterocycles. The Kier molecular flexibility index (Phi) is 7.48. The Hall–Kier alpha value is -3.80. The summed E-state index contributed by atoms with van der Waals surface area (Å²) in [7, 11) is 0. The molecule has 0 bridgehead atoms. The minimum atomic E-state index is -0.0412. The van der Waals surface area contributed by atoms with Crippen LogP contribution in [0.25, 0.3) is 33.2 Å². The predicted octanol–water partition coefficient (Wildman–Crippen LogP) is 5.76. The molecule has 5 rings (SSSR count). The smallest absolute Gasteiger partial charge is 0.223 e. The summed E-state index contributed by atoms with van der Waals surface area (Å²) in [6.07, 6.45) is 6.24. The first-order valence-corrected chi connectivity index (χ1v) is 11.1. The summed E-state index contributed by atoms with van der Waals surface area (Å²) < 4.78 is 0. The van der Waals surface area contributed by atoms with Crippen LogP contribution in [0.15, 0.2) is 104 Å². The van der Waals surface area contributed by atoms with Crippen LogP contribution in [0.4, 0.5) is 5.95 Å². The van der Waals surface area contributed by atoms with Gasteiger partial charge in [0, 0.05) is 42.3 Å². The fourth-order valence-electron chi connectivity index (χ4n) is 3.98. The van der Waals surface area contributed by atoms with Crippen LogP contribution in [0.1, 0.15) is 5.56 Å². The van der Waals surface area contributed by atoms with Gasteiger partial charge in [-0.15, -0.1) is 12.4 Å². The van der Waals surface area contributed by atoms with Gasteiger partial charge in [-0.25, -0.2) is 9.97 Å². The standard InChI is InChI=1S/C28H25N5.ClH/c29-25(16-20-6-2-1-3-7-20)18-31-28-32-19-26(27(33-28)22-12-14-30-15-13-22)24-11-10-21-8-4-5-9-23(21)17-24;/h1-15,17,19,25H,16,18,29H2,(H,31,32,33);1H/t25-;/m0./s1. The molecule has 3 N–H and O–H groups in total. The first-order valence-electron chi connectivity index (χ1n) is 11.1. The van der Waals surface area contributed by atoms with Crippen LogP contribution in [-0.4, -0.2) is 27.5 Å². The number of pyridine rings is 1. The van der Waals surface area contributed by atoms with E-state index in [1.54, 1.807) is 12.4 Å². The van der Waals surface area contributed by atoms with Gasteiger partial charge < -0.3 is 11.1 Å². The number of halogens is 1. The van der Waals surface area contributed by atoms with Crippen molar-refractivity contribution in [2.45, 2.75) is 12.5 Å². The summed E-state index contributed by atoms with van der Waals surface area (Å²) in [5.41, 5.74) is 11.5. The number of hydrogen-bond donors (Lipinski definition) is 2. The Morgan fingerprint density at radius 1 is 0.794 bits per heavy atom. The van der Waals surface area contributed by atoms with Crippen molar-refractivity contribution >= 4 is 29.1 Å². The van der Waals surface area contributed by atoms with Crippen LogP contribution in [0, 0.1) is 0 Å². The van der Waals surface area contributed by atoms with Gasteiger partial charge in [-0.1, -0.05) is 66.7 Å². The van der Waals surface area contributed by atoms with E-state index in [0.29, 0.717) is 12.5 Å². The molecule has 0 unspecified atom stereocenters. The van der Waals surface area contributed by atoms with Crippen molar-refractivity contribution in [2.24, 2.45) is 5.73 Å². The van der Waals surface area contributed by atoms with E-state index in [-0.39, 0.29) is 18.4 Å². The van der Waals surface area contributed by atoms with E-state index in [9.17, 15) is 0 Å². The lowest BCUT2D eigenvalue weighted by atomic mass is 9.98. The van der Waals surface area contributed by atoms with Gasteiger partial charge in [0.05, 0.1) is 5.69 Å². The number of aromatic nitrogens is 3. The molecule has 34 heavy (non-hydrogen) atoms. The summed E-state index contributed by atoms with van der Waals surface area (Å²) in [6.45, 7) is 0.583. The molecule has 3 aromatic carbocycles. The molecule has 1 atom stereocenters. The third-order valence-electron chi connectivity index (χ3n) is 5.67. The molecule has 6 heteroatoms. The molecule has 0 aliphatic rings. The summed E-state index contributed by atoms with van der Waals surface area (Å²) in [4.78, 5) is 13.6. The SMILES string of the molecule is Cl.N[C@H](CNc1ncc(-c2ccc3ccccc3c2)c(-c2ccncc2)n1)Cc1ccccc1. The van der Waals surface area contributed by atoms with Gasteiger partial charge in [0.15, 0.2) is 0 Å². The van der Waals surface area contributed by atoms with Crippen molar-refractivity contribution in [3.8, 4) is 22.4 Å². The number of nitrogens with one attached hydrogen (secondary N) is 1. The number of hydrogen-bond acceptors (Lipinski definition) is 5. The molecule has 0 aliphatic carbocycles. The van der Waals surface area contributed by atoms with Gasteiger partial charge in [-0.05, 0) is 46.5 Å². The molecule has 0 saturated heterocycles. The van der Waals surface area contributed by atoms with E-state index < -0.39 is 0 Å². The lowest BCUT2D eigenvalue weighted by molar-refractivity contribution is 0.696. The number of nitrogens with two attached hydrogens (primary N) is 1. The van der Waals surface area contributed by atoms with Crippen LogP contribution in [0.5, 0.6) is 0 Å². The maximum absolute atomic E-state index is 6.35. The van der Waals surface area contributed by atoms with Crippen molar-refractivity contribution in [3.63, 3.8) is 0 Å². The van der Waals surface area contributed by atoms with E-state index in [2.05, 4.69) is 69.9 Å². The van der Waals surface area contributed by atoms with Gasteiger partial charge >= 0.3 is 0 Å². The van der Waals surface area contributed by atoms with E-state index >= 15 is 0 Å². The van der Waals surface area contributed by atoms with Crippen molar-refractivity contribution in [3.05, 3.63) is 109 Å².